The van der Waals surface area contributed by atoms with Gasteiger partial charge in [0.2, 0.25) is 0 Å². The smallest absolute Gasteiger partial charge is 0.119 e. The number of hydrogen-bond donors (Lipinski definition) is 0. The van der Waals surface area contributed by atoms with E-state index < -0.39 is 0 Å². The quantitative estimate of drug-likeness (QED) is 0.660. The lowest BCUT2D eigenvalue weighted by molar-refractivity contribution is 0.659. The van der Waals surface area contributed by atoms with E-state index in [9.17, 15) is 4.39 Å². The van der Waals surface area contributed by atoms with Crippen LogP contribution in [0.5, 0.6) is 0 Å². The van der Waals surface area contributed by atoms with Crippen molar-refractivity contribution in [3.8, 4) is 0 Å². The van der Waals surface area contributed by atoms with Crippen LogP contribution >= 0.6 is 0 Å². The summed E-state index contributed by atoms with van der Waals surface area (Å²) in [7, 11) is 0. The van der Waals surface area contributed by atoms with E-state index in [-0.39, 0.29) is 5.83 Å². The Morgan fingerprint density at radius 2 is 1.72 bits per heavy atom. The molecule has 88 valence electrons. The van der Waals surface area contributed by atoms with Crippen LogP contribution in [0.3, 0.4) is 0 Å². The standard InChI is InChI=1S/C17H13F/c18-17-10-8-14(9-11-17)16-7-6-15(12-16)13-4-2-1-3-5-13/h1-8,10-12H,9H2. The number of hydrogen-bond acceptors (Lipinski definition) is 0. The summed E-state index contributed by atoms with van der Waals surface area (Å²) in [6.45, 7) is 0. The molecule has 0 saturated carbocycles. The third-order valence-corrected chi connectivity index (χ3v) is 3.19. The molecule has 0 saturated heterocycles. The molecule has 0 N–H and O–H groups in total. The van der Waals surface area contributed by atoms with Crippen molar-refractivity contribution in [2.24, 2.45) is 0 Å². The molecule has 3 rings (SSSR count). The number of rotatable bonds is 1. The van der Waals surface area contributed by atoms with Crippen LogP contribution in [0.25, 0.3) is 5.57 Å². The van der Waals surface area contributed by atoms with Crippen molar-refractivity contribution in [2.75, 3.05) is 0 Å². The second kappa shape index (κ2) is 4.61. The van der Waals surface area contributed by atoms with Gasteiger partial charge < -0.3 is 0 Å². The highest BCUT2D eigenvalue weighted by molar-refractivity contribution is 5.81. The minimum atomic E-state index is -0.145. The van der Waals surface area contributed by atoms with Crippen molar-refractivity contribution in [2.45, 2.75) is 6.42 Å². The van der Waals surface area contributed by atoms with Crippen LogP contribution in [0.15, 0.2) is 83.8 Å². The molecule has 0 bridgehead atoms. The highest BCUT2D eigenvalue weighted by Crippen LogP contribution is 2.29. The number of benzene rings is 1. The van der Waals surface area contributed by atoms with E-state index in [4.69, 9.17) is 0 Å². The van der Waals surface area contributed by atoms with Crippen molar-refractivity contribution in [1.82, 2.24) is 0 Å². The zero-order chi connectivity index (χ0) is 12.4. The molecule has 18 heavy (non-hydrogen) atoms. The van der Waals surface area contributed by atoms with Crippen LogP contribution in [0, 0.1) is 0 Å². The van der Waals surface area contributed by atoms with Crippen LogP contribution in [-0.2, 0) is 0 Å². The lowest BCUT2D eigenvalue weighted by Gasteiger charge is -2.05. The molecule has 2 aliphatic carbocycles. The van der Waals surface area contributed by atoms with E-state index in [2.05, 4.69) is 30.4 Å². The summed E-state index contributed by atoms with van der Waals surface area (Å²) in [6.07, 6.45) is 12.0. The third kappa shape index (κ3) is 2.12. The molecular weight excluding hydrogens is 223 g/mol. The highest BCUT2D eigenvalue weighted by Gasteiger charge is 2.09. The molecule has 0 nitrogen and oxygen atoms in total. The zero-order valence-electron chi connectivity index (χ0n) is 9.94. The summed E-state index contributed by atoms with van der Waals surface area (Å²) in [5.74, 6) is -0.145. The fourth-order valence-corrected chi connectivity index (χ4v) is 2.19. The molecular formula is C17H13F. The average molecular weight is 236 g/mol. The Balaban J connectivity index is 1.92. The van der Waals surface area contributed by atoms with Crippen LogP contribution in [-0.4, -0.2) is 0 Å². The molecule has 1 heteroatoms. The van der Waals surface area contributed by atoms with Gasteiger partial charge in [0.1, 0.15) is 5.83 Å². The van der Waals surface area contributed by atoms with E-state index in [0.717, 1.165) is 0 Å². The second-order valence-corrected chi connectivity index (χ2v) is 4.41. The first-order valence-electron chi connectivity index (χ1n) is 6.05. The van der Waals surface area contributed by atoms with Gasteiger partial charge in [-0.25, -0.2) is 4.39 Å². The monoisotopic (exact) mass is 236 g/mol. The lowest BCUT2D eigenvalue weighted by atomic mass is 10.0. The van der Waals surface area contributed by atoms with Crippen molar-refractivity contribution in [3.05, 3.63) is 89.3 Å². The predicted molar refractivity (Wildman–Crippen MR) is 73.5 cm³/mol. The second-order valence-electron chi connectivity index (χ2n) is 4.41. The van der Waals surface area contributed by atoms with E-state index in [0.29, 0.717) is 6.42 Å². The van der Waals surface area contributed by atoms with Crippen LogP contribution in [0.4, 0.5) is 4.39 Å². The van der Waals surface area contributed by atoms with Crippen LogP contribution < -0.4 is 0 Å². The highest BCUT2D eigenvalue weighted by atomic mass is 19.1. The molecule has 0 aromatic heterocycles. The first-order chi connectivity index (χ1) is 8.83. The maximum absolute atomic E-state index is 12.9. The van der Waals surface area contributed by atoms with E-state index in [1.165, 1.54) is 28.4 Å². The molecule has 0 atom stereocenters. The van der Waals surface area contributed by atoms with Crippen molar-refractivity contribution >= 4 is 5.57 Å². The maximum atomic E-state index is 12.9. The van der Waals surface area contributed by atoms with E-state index >= 15 is 0 Å². The van der Waals surface area contributed by atoms with Gasteiger partial charge in [0.15, 0.2) is 0 Å². The SMILES string of the molecule is FC1=CCC(=C2C=CC(c3ccccc3)=C2)C=C1. The van der Waals surface area contributed by atoms with Gasteiger partial charge >= 0.3 is 0 Å². The van der Waals surface area contributed by atoms with Gasteiger partial charge in [0.25, 0.3) is 0 Å². The molecule has 0 unspecified atom stereocenters. The normalized spacial score (nSPS) is 22.1. The minimum absolute atomic E-state index is 0.145. The minimum Gasteiger partial charge on any atom is -0.207 e. The maximum Gasteiger partial charge on any atom is 0.119 e. The van der Waals surface area contributed by atoms with Crippen LogP contribution in [0.1, 0.15) is 12.0 Å². The Hall–Kier alpha value is -2.15. The molecule has 0 fully saturated rings. The Morgan fingerprint density at radius 1 is 0.889 bits per heavy atom. The summed E-state index contributed by atoms with van der Waals surface area (Å²) in [4.78, 5) is 0. The molecule has 0 radical (unpaired) electrons. The fourth-order valence-electron chi connectivity index (χ4n) is 2.19. The largest absolute Gasteiger partial charge is 0.207 e. The van der Waals surface area contributed by atoms with Gasteiger partial charge in [-0.3, -0.25) is 0 Å². The van der Waals surface area contributed by atoms with Crippen molar-refractivity contribution in [1.29, 1.82) is 0 Å². The molecule has 1 aromatic rings. The van der Waals surface area contributed by atoms with Gasteiger partial charge in [0.05, 0.1) is 0 Å². The van der Waals surface area contributed by atoms with E-state index in [1.54, 1.807) is 6.08 Å². The number of allylic oxidation sites excluding steroid dienone is 10. The van der Waals surface area contributed by atoms with Crippen molar-refractivity contribution in [3.63, 3.8) is 0 Å². The predicted octanol–water partition coefficient (Wildman–Crippen LogP) is 4.75. The van der Waals surface area contributed by atoms with Gasteiger partial charge in [0, 0.05) is 0 Å². The van der Waals surface area contributed by atoms with Gasteiger partial charge in [-0.05, 0) is 46.9 Å². The molecule has 0 aliphatic heterocycles. The molecule has 2 aliphatic rings. The topological polar surface area (TPSA) is 0 Å². The number of halogens is 1. The van der Waals surface area contributed by atoms with Gasteiger partial charge in [-0.15, -0.1) is 0 Å². The molecule has 1 aromatic carbocycles. The Labute approximate surface area is 106 Å². The Bertz CT molecular complexity index is 610. The fraction of sp³-hybridized carbons (Fsp3) is 0.0588. The molecule has 0 amide bonds. The summed E-state index contributed by atoms with van der Waals surface area (Å²) in [6, 6.07) is 10.3. The Morgan fingerprint density at radius 3 is 2.44 bits per heavy atom. The average Bonchev–Trinajstić information content (AvgIpc) is 2.90. The molecule has 0 heterocycles. The third-order valence-electron chi connectivity index (χ3n) is 3.19. The van der Waals surface area contributed by atoms with Crippen LogP contribution in [0.2, 0.25) is 0 Å². The first kappa shape index (κ1) is 11.0. The summed E-state index contributed by atoms with van der Waals surface area (Å²) < 4.78 is 12.9. The Kier molecular flexibility index (Phi) is 2.81. The summed E-state index contributed by atoms with van der Waals surface area (Å²) in [5, 5.41) is 0. The summed E-state index contributed by atoms with van der Waals surface area (Å²) >= 11 is 0. The summed E-state index contributed by atoms with van der Waals surface area (Å²) in [5.41, 5.74) is 4.76. The van der Waals surface area contributed by atoms with E-state index in [1.807, 2.05) is 24.3 Å². The van der Waals surface area contributed by atoms with Crippen molar-refractivity contribution < 1.29 is 4.39 Å². The molecule has 0 spiro atoms. The van der Waals surface area contributed by atoms with Gasteiger partial charge in [-0.2, -0.15) is 0 Å². The van der Waals surface area contributed by atoms with Gasteiger partial charge in [-0.1, -0.05) is 48.6 Å². The lowest BCUT2D eigenvalue weighted by Crippen LogP contribution is -1.87. The first-order valence-corrected chi connectivity index (χ1v) is 6.05. The zero-order valence-corrected chi connectivity index (χ0v) is 9.94.